The van der Waals surface area contributed by atoms with Gasteiger partial charge in [-0.3, -0.25) is 10.2 Å². The van der Waals surface area contributed by atoms with Crippen molar-refractivity contribution in [3.63, 3.8) is 0 Å². The largest absolute Gasteiger partial charge is 0.573 e. The molecule has 0 atom stereocenters. The molecular formula is C26H24F3N3O4. The zero-order valence-electron chi connectivity index (χ0n) is 19.2. The van der Waals surface area contributed by atoms with Gasteiger partial charge in [0.25, 0.3) is 0 Å². The van der Waals surface area contributed by atoms with Gasteiger partial charge in [-0.15, -0.1) is 13.2 Å². The molecule has 1 saturated heterocycles. The molecule has 0 saturated carbocycles. The molecule has 0 unspecified atom stereocenters. The molecule has 188 valence electrons. The monoisotopic (exact) mass is 499 g/mol. The Labute approximate surface area is 206 Å². The highest BCUT2D eigenvalue weighted by atomic mass is 19.4. The first-order chi connectivity index (χ1) is 17.3. The summed E-state index contributed by atoms with van der Waals surface area (Å²) in [6.45, 7) is 1.19. The number of benzene rings is 3. The third-order valence-electron chi connectivity index (χ3n) is 5.43. The van der Waals surface area contributed by atoms with Gasteiger partial charge in [0, 0.05) is 31.0 Å². The molecule has 1 aliphatic heterocycles. The molecule has 0 bridgehead atoms. The number of anilines is 2. The maximum atomic E-state index is 13.2. The quantitative estimate of drug-likeness (QED) is 0.422. The minimum Gasteiger partial charge on any atom is -0.444 e. The maximum Gasteiger partial charge on any atom is 0.573 e. The molecule has 1 N–H and O–H groups in total. The molecule has 0 radical (unpaired) electrons. The van der Waals surface area contributed by atoms with Crippen molar-refractivity contribution in [2.45, 2.75) is 25.9 Å². The summed E-state index contributed by atoms with van der Waals surface area (Å²) in [5, 5.41) is 2.66. The number of hydrogen-bond donors (Lipinski definition) is 1. The predicted molar refractivity (Wildman–Crippen MR) is 128 cm³/mol. The molecule has 0 aromatic heterocycles. The van der Waals surface area contributed by atoms with Gasteiger partial charge in [0.1, 0.15) is 12.4 Å². The number of urea groups is 1. The third kappa shape index (κ3) is 6.91. The Hall–Kier alpha value is -4.21. The normalized spacial score (nSPS) is 13.9. The van der Waals surface area contributed by atoms with Crippen molar-refractivity contribution >= 4 is 23.5 Å². The number of carbonyl (C=O) groups excluding carboxylic acids is 2. The third-order valence-corrected chi connectivity index (χ3v) is 5.43. The number of alkyl halides is 3. The summed E-state index contributed by atoms with van der Waals surface area (Å²) in [7, 11) is 0. The van der Waals surface area contributed by atoms with Crippen LogP contribution in [0.5, 0.6) is 5.75 Å². The van der Waals surface area contributed by atoms with Gasteiger partial charge in [0.15, 0.2) is 0 Å². The van der Waals surface area contributed by atoms with Crippen LogP contribution in [0.1, 0.15) is 17.5 Å². The van der Waals surface area contributed by atoms with Gasteiger partial charge in [-0.05, 0) is 47.9 Å². The zero-order chi connectivity index (χ0) is 25.5. The van der Waals surface area contributed by atoms with Gasteiger partial charge >= 0.3 is 18.5 Å². The fourth-order valence-corrected chi connectivity index (χ4v) is 3.86. The van der Waals surface area contributed by atoms with Crippen LogP contribution in [0.4, 0.5) is 34.1 Å². The molecule has 1 fully saturated rings. The highest BCUT2D eigenvalue weighted by molar-refractivity contribution is 5.94. The molecule has 4 rings (SSSR count). The molecule has 7 nitrogen and oxygen atoms in total. The number of nitrogens with zero attached hydrogens (tertiary/aromatic N) is 2. The Kier molecular flexibility index (Phi) is 7.62. The lowest BCUT2D eigenvalue weighted by Gasteiger charge is -2.36. The molecule has 3 aromatic rings. The standard InChI is InChI=1S/C26H24F3N3O4/c27-26(28,29)36-23-12-4-9-20(15-23)17-31-13-6-14-32(25(31)34)22-11-5-10-21(16-22)30-24(33)35-18-19-7-2-1-3-8-19/h1-5,7-12,15-16H,6,13-14,17-18H2,(H,30,33). The minimum absolute atomic E-state index is 0.126. The first-order valence-electron chi connectivity index (χ1n) is 11.3. The summed E-state index contributed by atoms with van der Waals surface area (Å²) < 4.78 is 46.8. The van der Waals surface area contributed by atoms with E-state index in [1.54, 1.807) is 40.1 Å². The summed E-state index contributed by atoms with van der Waals surface area (Å²) in [6, 6.07) is 21.4. The van der Waals surface area contributed by atoms with E-state index in [1.807, 2.05) is 30.3 Å². The Balaban J connectivity index is 1.38. The molecule has 1 heterocycles. The second-order valence-electron chi connectivity index (χ2n) is 8.14. The van der Waals surface area contributed by atoms with Crippen molar-refractivity contribution < 1.29 is 32.2 Å². The fourth-order valence-electron chi connectivity index (χ4n) is 3.86. The fraction of sp³-hybridized carbons (Fsp3) is 0.231. The van der Waals surface area contributed by atoms with Gasteiger partial charge in [-0.1, -0.05) is 48.5 Å². The SMILES string of the molecule is O=C(Nc1cccc(N2CCCN(Cc3cccc(OC(F)(F)F)c3)C2=O)c1)OCc1ccccc1. The lowest BCUT2D eigenvalue weighted by molar-refractivity contribution is -0.274. The molecule has 3 amide bonds. The molecule has 0 aliphatic carbocycles. The van der Waals surface area contributed by atoms with Crippen molar-refractivity contribution in [2.75, 3.05) is 23.3 Å². The summed E-state index contributed by atoms with van der Waals surface area (Å²) in [5.41, 5.74) is 2.42. The van der Waals surface area contributed by atoms with Crippen LogP contribution in [-0.4, -0.2) is 36.5 Å². The Morgan fingerprint density at radius 2 is 1.67 bits per heavy atom. The molecule has 10 heteroatoms. The first kappa shape index (κ1) is 24.9. The number of halogens is 3. The second kappa shape index (κ2) is 11.0. The van der Waals surface area contributed by atoms with E-state index >= 15 is 0 Å². The van der Waals surface area contributed by atoms with E-state index in [4.69, 9.17) is 4.74 Å². The van der Waals surface area contributed by atoms with Crippen molar-refractivity contribution in [3.8, 4) is 5.75 Å². The van der Waals surface area contributed by atoms with E-state index in [0.29, 0.717) is 36.4 Å². The van der Waals surface area contributed by atoms with Crippen molar-refractivity contribution in [1.29, 1.82) is 0 Å². The van der Waals surface area contributed by atoms with Crippen molar-refractivity contribution in [3.05, 3.63) is 90.0 Å². The van der Waals surface area contributed by atoms with Crippen LogP contribution in [0.2, 0.25) is 0 Å². The lowest BCUT2D eigenvalue weighted by Crippen LogP contribution is -2.49. The van der Waals surface area contributed by atoms with E-state index in [9.17, 15) is 22.8 Å². The number of carbonyl (C=O) groups is 2. The van der Waals surface area contributed by atoms with Crippen molar-refractivity contribution in [1.82, 2.24) is 4.90 Å². The smallest absolute Gasteiger partial charge is 0.444 e. The number of hydrogen-bond acceptors (Lipinski definition) is 4. The maximum absolute atomic E-state index is 13.2. The average molecular weight is 499 g/mol. The molecular weight excluding hydrogens is 475 g/mol. The van der Waals surface area contributed by atoms with Crippen LogP contribution < -0.4 is 15.0 Å². The number of ether oxygens (including phenoxy) is 2. The van der Waals surface area contributed by atoms with Crippen LogP contribution in [0.3, 0.4) is 0 Å². The Morgan fingerprint density at radius 3 is 2.44 bits per heavy atom. The summed E-state index contributed by atoms with van der Waals surface area (Å²) in [6.07, 6.45) is -4.74. The van der Waals surface area contributed by atoms with Gasteiger partial charge < -0.3 is 14.4 Å². The second-order valence-corrected chi connectivity index (χ2v) is 8.14. The number of nitrogens with one attached hydrogen (secondary N) is 1. The van der Waals surface area contributed by atoms with Crippen LogP contribution >= 0.6 is 0 Å². The van der Waals surface area contributed by atoms with Crippen molar-refractivity contribution in [2.24, 2.45) is 0 Å². The average Bonchev–Trinajstić information content (AvgIpc) is 2.84. The van der Waals surface area contributed by atoms with E-state index in [1.165, 1.54) is 18.2 Å². The number of rotatable bonds is 7. The topological polar surface area (TPSA) is 71.1 Å². The number of amides is 3. The highest BCUT2D eigenvalue weighted by Gasteiger charge is 2.31. The summed E-state index contributed by atoms with van der Waals surface area (Å²) >= 11 is 0. The van der Waals surface area contributed by atoms with Gasteiger partial charge in [-0.2, -0.15) is 0 Å². The highest BCUT2D eigenvalue weighted by Crippen LogP contribution is 2.27. The molecule has 3 aromatic carbocycles. The van der Waals surface area contributed by atoms with Gasteiger partial charge in [-0.25, -0.2) is 9.59 Å². The van der Waals surface area contributed by atoms with Crippen LogP contribution in [-0.2, 0) is 17.9 Å². The van der Waals surface area contributed by atoms with Gasteiger partial charge in [0.2, 0.25) is 0 Å². The first-order valence-corrected chi connectivity index (χ1v) is 11.3. The van der Waals surface area contributed by atoms with Crippen LogP contribution in [0, 0.1) is 0 Å². The summed E-state index contributed by atoms with van der Waals surface area (Å²) in [4.78, 5) is 28.5. The molecule has 1 aliphatic rings. The van der Waals surface area contributed by atoms with E-state index < -0.39 is 12.5 Å². The Bertz CT molecular complexity index is 1200. The molecule has 0 spiro atoms. The van der Waals surface area contributed by atoms with Gasteiger partial charge in [0.05, 0.1) is 0 Å². The zero-order valence-corrected chi connectivity index (χ0v) is 19.2. The lowest BCUT2D eigenvalue weighted by atomic mass is 10.1. The van der Waals surface area contributed by atoms with E-state index in [-0.39, 0.29) is 24.9 Å². The minimum atomic E-state index is -4.79. The Morgan fingerprint density at radius 1 is 0.917 bits per heavy atom. The van der Waals surface area contributed by atoms with E-state index in [2.05, 4.69) is 10.1 Å². The van der Waals surface area contributed by atoms with E-state index in [0.717, 1.165) is 5.56 Å². The predicted octanol–water partition coefficient (Wildman–Crippen LogP) is 6.17. The van der Waals surface area contributed by atoms with Crippen LogP contribution in [0.25, 0.3) is 0 Å². The van der Waals surface area contributed by atoms with Crippen LogP contribution in [0.15, 0.2) is 78.9 Å². The summed E-state index contributed by atoms with van der Waals surface area (Å²) in [5.74, 6) is -0.334. The molecule has 36 heavy (non-hydrogen) atoms.